The molecule has 4 aliphatic rings. The third-order valence-electron chi connectivity index (χ3n) is 9.83. The van der Waals surface area contributed by atoms with E-state index in [-0.39, 0.29) is 16.3 Å². The lowest BCUT2D eigenvalue weighted by atomic mass is 9.27. The van der Waals surface area contributed by atoms with Crippen LogP contribution in [0.4, 0.5) is 0 Å². The maximum atomic E-state index is 2.67. The summed E-state index contributed by atoms with van der Waals surface area (Å²) in [6.45, 7) is 0.879. The van der Waals surface area contributed by atoms with Crippen molar-refractivity contribution in [2.45, 2.75) is 151 Å². The molecular formula is C30H51B2P. The van der Waals surface area contributed by atoms with E-state index in [4.69, 9.17) is 0 Å². The standard InChI is InChI=1S/C30H48BP.BH3/c1-5-15-25(16-6-1)31(26-17-7-2-8-18-26)29-23-13-14-24-30(29)32(27-19-9-3-10-20-27)28-21-11-4-12-22-28;/h13-14,23-28H,1-12,15-22H2;1H3. The highest BCUT2D eigenvalue weighted by Crippen LogP contribution is 2.55. The molecule has 1 aromatic rings. The van der Waals surface area contributed by atoms with Crippen molar-refractivity contribution in [2.24, 2.45) is 0 Å². The Balaban J connectivity index is 0.00000259. The molecule has 0 amide bonds. The van der Waals surface area contributed by atoms with Gasteiger partial charge < -0.3 is 0 Å². The normalized spacial score (nSPS) is 24.5. The van der Waals surface area contributed by atoms with Gasteiger partial charge in [-0.1, -0.05) is 152 Å². The zero-order valence-corrected chi connectivity index (χ0v) is 21.7. The van der Waals surface area contributed by atoms with Gasteiger partial charge in [0.15, 0.2) is 6.71 Å². The molecule has 0 saturated heterocycles. The minimum absolute atomic E-state index is 0. The minimum atomic E-state index is 0. The van der Waals surface area contributed by atoms with Crippen LogP contribution in [-0.2, 0) is 0 Å². The summed E-state index contributed by atoms with van der Waals surface area (Å²) in [5, 5.41) is 1.92. The monoisotopic (exact) mass is 464 g/mol. The predicted molar refractivity (Wildman–Crippen MR) is 156 cm³/mol. The molecule has 5 rings (SSSR count). The zero-order valence-electron chi connectivity index (χ0n) is 20.8. The lowest BCUT2D eigenvalue weighted by Crippen LogP contribution is -2.48. The molecule has 0 spiro atoms. The van der Waals surface area contributed by atoms with Crippen molar-refractivity contribution < 1.29 is 0 Å². The number of hydrogen-bond donors (Lipinski definition) is 0. The van der Waals surface area contributed by atoms with Gasteiger partial charge in [0.2, 0.25) is 0 Å². The highest BCUT2D eigenvalue weighted by atomic mass is 31.1. The Hall–Kier alpha value is -0.220. The van der Waals surface area contributed by atoms with Crippen LogP contribution < -0.4 is 10.8 Å². The Bertz CT molecular complexity index is 587. The van der Waals surface area contributed by atoms with Gasteiger partial charge in [0.25, 0.3) is 0 Å². The Morgan fingerprint density at radius 3 is 1.36 bits per heavy atom. The lowest BCUT2D eigenvalue weighted by molar-refractivity contribution is 0.465. The zero-order chi connectivity index (χ0) is 21.6. The lowest BCUT2D eigenvalue weighted by Gasteiger charge is -2.42. The van der Waals surface area contributed by atoms with Gasteiger partial charge in [0.05, 0.1) is 8.41 Å². The first-order chi connectivity index (χ1) is 15.9. The van der Waals surface area contributed by atoms with Crippen LogP contribution in [0.15, 0.2) is 24.3 Å². The molecule has 0 N–H and O–H groups in total. The minimum Gasteiger partial charge on any atom is -0.0719 e. The van der Waals surface area contributed by atoms with Crippen molar-refractivity contribution in [3.8, 4) is 0 Å². The van der Waals surface area contributed by atoms with E-state index in [9.17, 15) is 0 Å². The maximum absolute atomic E-state index is 2.67. The first-order valence-corrected chi connectivity index (χ1v) is 16.3. The smallest absolute Gasteiger partial charge is 0.0719 e. The number of hydrogen-bond acceptors (Lipinski definition) is 0. The third kappa shape index (κ3) is 6.32. The first-order valence-electron chi connectivity index (χ1n) is 14.8. The van der Waals surface area contributed by atoms with Crippen LogP contribution >= 0.6 is 7.92 Å². The molecule has 182 valence electrons. The molecule has 4 aliphatic carbocycles. The molecule has 0 unspecified atom stereocenters. The molecule has 0 radical (unpaired) electrons. The SMILES string of the molecule is B.c1ccc(P(C2CCCCC2)C2CCCCC2)c(B(C2CCCCC2)C2CCCCC2)c1. The molecule has 3 heteroatoms. The molecule has 0 bridgehead atoms. The summed E-state index contributed by atoms with van der Waals surface area (Å²) < 4.78 is 0. The van der Waals surface area contributed by atoms with Crippen molar-refractivity contribution in [2.75, 3.05) is 0 Å². The van der Waals surface area contributed by atoms with E-state index in [0.717, 1.165) is 29.7 Å². The molecule has 0 aliphatic heterocycles. The summed E-state index contributed by atoms with van der Waals surface area (Å²) >= 11 is 0. The van der Waals surface area contributed by atoms with E-state index in [0.29, 0.717) is 0 Å². The van der Waals surface area contributed by atoms with Gasteiger partial charge in [-0.25, -0.2) is 0 Å². The van der Waals surface area contributed by atoms with Gasteiger partial charge in [-0.2, -0.15) is 0 Å². The predicted octanol–water partition coefficient (Wildman–Crippen LogP) is 7.65. The fourth-order valence-corrected chi connectivity index (χ4v) is 12.3. The largest absolute Gasteiger partial charge is 0.183 e. The Morgan fingerprint density at radius 2 is 0.909 bits per heavy atom. The summed E-state index contributed by atoms with van der Waals surface area (Å²) in [6, 6.07) is 10.2. The summed E-state index contributed by atoms with van der Waals surface area (Å²) in [7, 11) is 0.0126. The van der Waals surface area contributed by atoms with Crippen molar-refractivity contribution in [3.63, 3.8) is 0 Å². The van der Waals surface area contributed by atoms with Gasteiger partial charge in [0.1, 0.15) is 0 Å². The van der Waals surface area contributed by atoms with Gasteiger partial charge in [-0.15, -0.1) is 0 Å². The van der Waals surface area contributed by atoms with E-state index in [1.165, 1.54) is 128 Å². The molecule has 33 heavy (non-hydrogen) atoms. The second-order valence-electron chi connectivity index (χ2n) is 11.9. The molecule has 0 atom stereocenters. The molecule has 0 nitrogen and oxygen atoms in total. The Morgan fingerprint density at radius 1 is 0.515 bits per heavy atom. The quantitative estimate of drug-likeness (QED) is 0.300. The van der Waals surface area contributed by atoms with E-state index < -0.39 is 0 Å². The average Bonchev–Trinajstić information content (AvgIpc) is 2.88. The van der Waals surface area contributed by atoms with E-state index in [1.54, 1.807) is 0 Å². The molecular weight excluding hydrogens is 413 g/mol. The van der Waals surface area contributed by atoms with E-state index >= 15 is 0 Å². The summed E-state index contributed by atoms with van der Waals surface area (Å²) in [4.78, 5) is 0. The molecule has 0 heterocycles. The van der Waals surface area contributed by atoms with Crippen molar-refractivity contribution in [1.29, 1.82) is 0 Å². The Labute approximate surface area is 209 Å². The molecule has 0 aromatic heterocycles. The first kappa shape index (κ1) is 25.9. The summed E-state index contributed by atoms with van der Waals surface area (Å²) in [5.41, 5.74) is 3.94. The van der Waals surface area contributed by atoms with Crippen molar-refractivity contribution in [1.82, 2.24) is 0 Å². The number of rotatable bonds is 6. The van der Waals surface area contributed by atoms with Crippen molar-refractivity contribution in [3.05, 3.63) is 24.3 Å². The summed E-state index contributed by atoms with van der Waals surface area (Å²) in [6.07, 6.45) is 30.2. The second kappa shape index (κ2) is 13.2. The fourth-order valence-electron chi connectivity index (χ4n) is 8.29. The van der Waals surface area contributed by atoms with Gasteiger partial charge in [-0.3, -0.25) is 0 Å². The van der Waals surface area contributed by atoms with E-state index in [1.807, 2.05) is 10.8 Å². The van der Waals surface area contributed by atoms with Crippen LogP contribution in [0, 0.1) is 0 Å². The van der Waals surface area contributed by atoms with Crippen LogP contribution in [0.25, 0.3) is 0 Å². The highest BCUT2D eigenvalue weighted by molar-refractivity contribution is 7.67. The van der Waals surface area contributed by atoms with Crippen molar-refractivity contribution >= 4 is 33.8 Å². The van der Waals surface area contributed by atoms with Crippen LogP contribution in [0.3, 0.4) is 0 Å². The second-order valence-corrected chi connectivity index (χ2v) is 14.6. The van der Waals surface area contributed by atoms with Crippen LogP contribution in [0.2, 0.25) is 11.6 Å². The van der Waals surface area contributed by atoms with E-state index in [2.05, 4.69) is 24.3 Å². The van der Waals surface area contributed by atoms with Crippen LogP contribution in [0.5, 0.6) is 0 Å². The maximum Gasteiger partial charge on any atom is 0.183 e. The molecule has 4 saturated carbocycles. The van der Waals surface area contributed by atoms with Crippen LogP contribution in [-0.4, -0.2) is 26.4 Å². The average molecular weight is 464 g/mol. The summed E-state index contributed by atoms with van der Waals surface area (Å²) in [5.74, 6) is 1.95. The molecule has 4 fully saturated rings. The van der Waals surface area contributed by atoms with Gasteiger partial charge >= 0.3 is 0 Å². The highest BCUT2D eigenvalue weighted by Gasteiger charge is 2.40. The Kier molecular flexibility index (Phi) is 10.3. The molecule has 1 aromatic carbocycles. The van der Waals surface area contributed by atoms with Gasteiger partial charge in [-0.05, 0) is 42.3 Å². The van der Waals surface area contributed by atoms with Crippen LogP contribution in [0.1, 0.15) is 128 Å². The van der Waals surface area contributed by atoms with Gasteiger partial charge in [0, 0.05) is 0 Å². The fraction of sp³-hybridized carbons (Fsp3) is 0.800. The topological polar surface area (TPSA) is 0 Å². The third-order valence-corrected chi connectivity index (χ3v) is 13.4. The number of benzene rings is 1.